The summed E-state index contributed by atoms with van der Waals surface area (Å²) in [5.41, 5.74) is 7.56. The maximum absolute atomic E-state index is 11.7. The molecular weight excluding hydrogens is 248 g/mol. The van der Waals surface area contributed by atoms with E-state index in [1.807, 2.05) is 12.3 Å². The van der Waals surface area contributed by atoms with Crippen molar-refractivity contribution < 1.29 is 4.79 Å². The number of amides is 1. The highest BCUT2D eigenvalue weighted by Crippen LogP contribution is 2.41. The van der Waals surface area contributed by atoms with Gasteiger partial charge in [-0.15, -0.1) is 11.8 Å². The Balaban J connectivity index is 1.93. The SMILES string of the molecule is CC1NNC2NC(=O)CSC(c3cccnc3)C12. The topological polar surface area (TPSA) is 66.0 Å². The highest BCUT2D eigenvalue weighted by Gasteiger charge is 2.42. The lowest BCUT2D eigenvalue weighted by Gasteiger charge is -2.26. The summed E-state index contributed by atoms with van der Waals surface area (Å²) in [6.07, 6.45) is 3.67. The molecule has 18 heavy (non-hydrogen) atoms. The quantitative estimate of drug-likeness (QED) is 0.686. The summed E-state index contributed by atoms with van der Waals surface area (Å²) < 4.78 is 0. The average molecular weight is 264 g/mol. The van der Waals surface area contributed by atoms with E-state index in [0.717, 1.165) is 0 Å². The molecule has 3 heterocycles. The maximum atomic E-state index is 11.7. The minimum absolute atomic E-state index is 0.00675. The number of aromatic nitrogens is 1. The fraction of sp³-hybridized carbons (Fsp3) is 0.500. The zero-order valence-electron chi connectivity index (χ0n) is 10.1. The molecular formula is C12H16N4OS. The van der Waals surface area contributed by atoms with Gasteiger partial charge in [0.2, 0.25) is 5.91 Å². The molecule has 0 radical (unpaired) electrons. The second-order valence-electron chi connectivity index (χ2n) is 4.72. The third-order valence-corrected chi connectivity index (χ3v) is 4.88. The fourth-order valence-corrected chi connectivity index (χ4v) is 3.99. The predicted octanol–water partition coefficient (Wildman–Crippen LogP) is 0.424. The Kier molecular flexibility index (Phi) is 3.23. The van der Waals surface area contributed by atoms with Crippen LogP contribution in [0.3, 0.4) is 0 Å². The second kappa shape index (κ2) is 4.87. The Hall–Kier alpha value is -1.11. The van der Waals surface area contributed by atoms with Crippen LogP contribution in [0.2, 0.25) is 0 Å². The molecule has 2 aliphatic heterocycles. The first kappa shape index (κ1) is 12.0. The van der Waals surface area contributed by atoms with Gasteiger partial charge < -0.3 is 5.32 Å². The summed E-state index contributed by atoms with van der Waals surface area (Å²) in [6, 6.07) is 4.35. The number of pyridine rings is 1. The van der Waals surface area contributed by atoms with Crippen LogP contribution in [0.15, 0.2) is 24.5 Å². The summed E-state index contributed by atoms with van der Waals surface area (Å²) in [5, 5.41) is 3.30. The first-order valence-electron chi connectivity index (χ1n) is 6.07. The van der Waals surface area contributed by atoms with Gasteiger partial charge in [0.1, 0.15) is 0 Å². The molecule has 2 aliphatic rings. The van der Waals surface area contributed by atoms with Gasteiger partial charge in [-0.3, -0.25) is 15.2 Å². The van der Waals surface area contributed by atoms with E-state index in [4.69, 9.17) is 0 Å². The molecule has 1 aromatic rings. The number of hydrogen-bond acceptors (Lipinski definition) is 5. The molecule has 0 aromatic carbocycles. The van der Waals surface area contributed by atoms with Crippen molar-refractivity contribution in [2.45, 2.75) is 24.4 Å². The van der Waals surface area contributed by atoms with Crippen LogP contribution in [0.5, 0.6) is 0 Å². The van der Waals surface area contributed by atoms with Gasteiger partial charge in [0, 0.05) is 29.6 Å². The lowest BCUT2D eigenvalue weighted by atomic mass is 9.92. The molecule has 4 unspecified atom stereocenters. The molecule has 2 saturated heterocycles. The predicted molar refractivity (Wildman–Crippen MR) is 70.6 cm³/mol. The number of carbonyl (C=O) groups excluding carboxylic acids is 1. The van der Waals surface area contributed by atoms with E-state index in [9.17, 15) is 4.79 Å². The van der Waals surface area contributed by atoms with Gasteiger partial charge >= 0.3 is 0 Å². The van der Waals surface area contributed by atoms with Crippen molar-refractivity contribution in [3.05, 3.63) is 30.1 Å². The molecule has 4 atom stereocenters. The molecule has 0 aliphatic carbocycles. The number of nitrogens with one attached hydrogen (secondary N) is 3. The van der Waals surface area contributed by atoms with Gasteiger partial charge in [-0.2, -0.15) is 0 Å². The largest absolute Gasteiger partial charge is 0.338 e. The maximum Gasteiger partial charge on any atom is 0.231 e. The van der Waals surface area contributed by atoms with E-state index in [-0.39, 0.29) is 17.3 Å². The molecule has 0 bridgehead atoms. The lowest BCUT2D eigenvalue weighted by Crippen LogP contribution is -2.46. The first-order chi connectivity index (χ1) is 8.75. The number of hydrazine groups is 1. The number of rotatable bonds is 1. The summed E-state index contributed by atoms with van der Waals surface area (Å²) in [5.74, 6) is 0.913. The van der Waals surface area contributed by atoms with Gasteiger partial charge in [-0.25, -0.2) is 5.43 Å². The van der Waals surface area contributed by atoms with E-state index in [2.05, 4.69) is 34.1 Å². The van der Waals surface area contributed by atoms with Crippen LogP contribution in [0.4, 0.5) is 0 Å². The smallest absolute Gasteiger partial charge is 0.231 e. The lowest BCUT2D eigenvalue weighted by molar-refractivity contribution is -0.119. The third-order valence-electron chi connectivity index (χ3n) is 3.50. The molecule has 2 fully saturated rings. The monoisotopic (exact) mass is 264 g/mol. The zero-order chi connectivity index (χ0) is 12.5. The molecule has 5 nitrogen and oxygen atoms in total. The average Bonchev–Trinajstić information content (AvgIpc) is 2.65. The van der Waals surface area contributed by atoms with Crippen LogP contribution in [0, 0.1) is 5.92 Å². The van der Waals surface area contributed by atoms with E-state index in [0.29, 0.717) is 17.7 Å². The summed E-state index contributed by atoms with van der Waals surface area (Å²) >= 11 is 1.69. The summed E-state index contributed by atoms with van der Waals surface area (Å²) in [4.78, 5) is 15.9. The van der Waals surface area contributed by atoms with E-state index in [1.165, 1.54) is 5.56 Å². The van der Waals surface area contributed by atoms with Gasteiger partial charge in [0.05, 0.1) is 11.9 Å². The Bertz CT molecular complexity index is 441. The highest BCUT2D eigenvalue weighted by atomic mass is 32.2. The van der Waals surface area contributed by atoms with Crippen molar-refractivity contribution in [3.8, 4) is 0 Å². The molecule has 3 N–H and O–H groups in total. The normalized spacial score (nSPS) is 35.7. The van der Waals surface area contributed by atoms with E-state index < -0.39 is 0 Å². The molecule has 1 aromatic heterocycles. The molecule has 96 valence electrons. The number of carbonyl (C=O) groups is 1. The standard InChI is InChI=1S/C12H16N4OS/c1-7-10-11(8-3-2-4-13-5-8)18-6-9(17)14-12(10)16-15-7/h2-5,7,10-12,15-16H,6H2,1H3,(H,14,17). The van der Waals surface area contributed by atoms with Crippen LogP contribution in [-0.4, -0.2) is 28.9 Å². The van der Waals surface area contributed by atoms with E-state index in [1.54, 1.807) is 18.0 Å². The van der Waals surface area contributed by atoms with Gasteiger partial charge in [0.15, 0.2) is 0 Å². The second-order valence-corrected chi connectivity index (χ2v) is 5.85. The van der Waals surface area contributed by atoms with Crippen LogP contribution in [0.1, 0.15) is 17.7 Å². The van der Waals surface area contributed by atoms with Crippen LogP contribution in [0.25, 0.3) is 0 Å². The minimum Gasteiger partial charge on any atom is -0.338 e. The van der Waals surface area contributed by atoms with Crippen LogP contribution < -0.4 is 16.2 Å². The molecule has 6 heteroatoms. The van der Waals surface area contributed by atoms with Crippen molar-refractivity contribution in [3.63, 3.8) is 0 Å². The Morgan fingerprint density at radius 2 is 2.33 bits per heavy atom. The van der Waals surface area contributed by atoms with Gasteiger partial charge in [-0.1, -0.05) is 6.07 Å². The number of hydrogen-bond donors (Lipinski definition) is 3. The number of nitrogens with zero attached hydrogens (tertiary/aromatic N) is 1. The van der Waals surface area contributed by atoms with Gasteiger partial charge in [-0.05, 0) is 18.6 Å². The minimum atomic E-state index is -0.00675. The van der Waals surface area contributed by atoms with Crippen molar-refractivity contribution in [1.29, 1.82) is 0 Å². The Morgan fingerprint density at radius 1 is 1.44 bits per heavy atom. The van der Waals surface area contributed by atoms with Crippen molar-refractivity contribution in [1.82, 2.24) is 21.2 Å². The highest BCUT2D eigenvalue weighted by molar-refractivity contribution is 8.00. The molecule has 0 spiro atoms. The summed E-state index contributed by atoms with van der Waals surface area (Å²) in [7, 11) is 0. The third kappa shape index (κ3) is 2.11. The number of thioether (sulfide) groups is 1. The molecule has 3 rings (SSSR count). The first-order valence-corrected chi connectivity index (χ1v) is 7.12. The van der Waals surface area contributed by atoms with Crippen molar-refractivity contribution in [2.75, 3.05) is 5.75 Å². The Labute approximate surface area is 110 Å². The van der Waals surface area contributed by atoms with Crippen molar-refractivity contribution >= 4 is 17.7 Å². The van der Waals surface area contributed by atoms with E-state index >= 15 is 0 Å². The zero-order valence-corrected chi connectivity index (χ0v) is 10.9. The van der Waals surface area contributed by atoms with Crippen LogP contribution >= 0.6 is 11.8 Å². The fourth-order valence-electron chi connectivity index (χ4n) is 2.63. The van der Waals surface area contributed by atoms with Crippen molar-refractivity contribution in [2.24, 2.45) is 5.92 Å². The molecule has 1 amide bonds. The number of fused-ring (bicyclic) bond motifs is 1. The summed E-state index contributed by atoms with van der Waals surface area (Å²) in [6.45, 7) is 2.14. The Morgan fingerprint density at radius 3 is 3.11 bits per heavy atom. The van der Waals surface area contributed by atoms with Crippen LogP contribution in [-0.2, 0) is 4.79 Å². The van der Waals surface area contributed by atoms with Gasteiger partial charge in [0.25, 0.3) is 0 Å². The molecule has 0 saturated carbocycles.